The van der Waals surface area contributed by atoms with Crippen molar-refractivity contribution < 1.29 is 14.3 Å². The summed E-state index contributed by atoms with van der Waals surface area (Å²) in [6.07, 6.45) is 0.620. The first kappa shape index (κ1) is 21.4. The second-order valence-electron chi connectivity index (χ2n) is 7.57. The van der Waals surface area contributed by atoms with Crippen molar-refractivity contribution in [1.82, 2.24) is 14.9 Å². The van der Waals surface area contributed by atoms with Crippen molar-refractivity contribution in [2.24, 2.45) is 0 Å². The summed E-state index contributed by atoms with van der Waals surface area (Å²) in [7, 11) is 1.59. The standard InChI is InChI=1S/C26H27N3O3/c1-19-7-5-10-22(17-19)32-16-15-29-24-12-4-3-11-23(24)28-25(29)13-14-27-26(30)20-8-6-9-21(18-20)31-2/h3-12,17-18H,13-16H2,1-2H3,(H,27,30). The largest absolute Gasteiger partial charge is 0.497 e. The summed E-state index contributed by atoms with van der Waals surface area (Å²) in [5, 5.41) is 2.98. The molecule has 3 aromatic carbocycles. The highest BCUT2D eigenvalue weighted by atomic mass is 16.5. The van der Waals surface area contributed by atoms with Crippen molar-refractivity contribution in [2.45, 2.75) is 19.9 Å². The molecule has 32 heavy (non-hydrogen) atoms. The maximum atomic E-state index is 12.5. The molecule has 0 atom stereocenters. The molecule has 0 saturated heterocycles. The number of rotatable bonds is 9. The number of aryl methyl sites for hydroxylation is 1. The smallest absolute Gasteiger partial charge is 0.251 e. The van der Waals surface area contributed by atoms with E-state index in [4.69, 9.17) is 14.5 Å². The van der Waals surface area contributed by atoms with E-state index < -0.39 is 0 Å². The van der Waals surface area contributed by atoms with Gasteiger partial charge in [-0.05, 0) is 55.0 Å². The van der Waals surface area contributed by atoms with Crippen molar-refractivity contribution >= 4 is 16.9 Å². The second-order valence-corrected chi connectivity index (χ2v) is 7.57. The molecule has 0 aliphatic rings. The lowest BCUT2D eigenvalue weighted by molar-refractivity contribution is 0.0953. The molecular formula is C26H27N3O3. The predicted octanol–water partition coefficient (Wildman–Crippen LogP) is 4.40. The Balaban J connectivity index is 1.42. The molecule has 0 aliphatic carbocycles. The minimum atomic E-state index is -0.130. The van der Waals surface area contributed by atoms with Gasteiger partial charge in [0.05, 0.1) is 24.7 Å². The number of imidazole rings is 1. The summed E-state index contributed by atoms with van der Waals surface area (Å²) >= 11 is 0. The fourth-order valence-corrected chi connectivity index (χ4v) is 3.68. The molecular weight excluding hydrogens is 402 g/mol. The van der Waals surface area contributed by atoms with Crippen molar-refractivity contribution in [3.8, 4) is 11.5 Å². The van der Waals surface area contributed by atoms with Gasteiger partial charge in [-0.25, -0.2) is 4.98 Å². The lowest BCUT2D eigenvalue weighted by Gasteiger charge is -2.12. The van der Waals surface area contributed by atoms with Gasteiger partial charge in [0.1, 0.15) is 23.9 Å². The van der Waals surface area contributed by atoms with Crippen molar-refractivity contribution in [3.63, 3.8) is 0 Å². The molecule has 1 heterocycles. The van der Waals surface area contributed by atoms with Crippen LogP contribution in [0.1, 0.15) is 21.7 Å². The summed E-state index contributed by atoms with van der Waals surface area (Å²) in [4.78, 5) is 17.3. The van der Waals surface area contributed by atoms with E-state index in [0.29, 0.717) is 37.4 Å². The van der Waals surface area contributed by atoms with Crippen LogP contribution in [0.5, 0.6) is 11.5 Å². The monoisotopic (exact) mass is 429 g/mol. The number of hydrogen-bond donors (Lipinski definition) is 1. The van der Waals surface area contributed by atoms with Crippen LogP contribution in [0.4, 0.5) is 0 Å². The van der Waals surface area contributed by atoms with E-state index >= 15 is 0 Å². The molecule has 164 valence electrons. The zero-order valence-corrected chi connectivity index (χ0v) is 18.4. The first-order chi connectivity index (χ1) is 15.6. The highest BCUT2D eigenvalue weighted by molar-refractivity contribution is 5.94. The molecule has 1 amide bonds. The number of benzene rings is 3. The van der Waals surface area contributed by atoms with Crippen LogP contribution in [0.25, 0.3) is 11.0 Å². The van der Waals surface area contributed by atoms with Crippen LogP contribution in [0.3, 0.4) is 0 Å². The molecule has 0 bridgehead atoms. The number of nitrogens with zero attached hydrogens (tertiary/aromatic N) is 2. The van der Waals surface area contributed by atoms with Gasteiger partial charge in [0.25, 0.3) is 5.91 Å². The first-order valence-electron chi connectivity index (χ1n) is 10.7. The van der Waals surface area contributed by atoms with Gasteiger partial charge in [0.15, 0.2) is 0 Å². The Morgan fingerprint density at radius 3 is 2.66 bits per heavy atom. The maximum Gasteiger partial charge on any atom is 0.251 e. The molecule has 4 rings (SSSR count). The summed E-state index contributed by atoms with van der Waals surface area (Å²) in [5.41, 5.74) is 3.75. The summed E-state index contributed by atoms with van der Waals surface area (Å²) < 4.78 is 13.3. The average Bonchev–Trinajstić information content (AvgIpc) is 3.16. The number of fused-ring (bicyclic) bond motifs is 1. The Morgan fingerprint density at radius 2 is 1.81 bits per heavy atom. The van der Waals surface area contributed by atoms with Gasteiger partial charge in [-0.1, -0.05) is 30.3 Å². The normalized spacial score (nSPS) is 10.8. The Kier molecular flexibility index (Phi) is 6.70. The third kappa shape index (κ3) is 5.09. The Morgan fingerprint density at radius 1 is 1.00 bits per heavy atom. The van der Waals surface area contributed by atoms with Gasteiger partial charge in [0.2, 0.25) is 0 Å². The number of ether oxygens (including phenoxy) is 2. The molecule has 1 N–H and O–H groups in total. The van der Waals surface area contributed by atoms with Gasteiger partial charge in [-0.15, -0.1) is 0 Å². The van der Waals surface area contributed by atoms with Gasteiger partial charge >= 0.3 is 0 Å². The van der Waals surface area contributed by atoms with Crippen molar-refractivity contribution in [1.29, 1.82) is 0 Å². The number of amides is 1. The Hall–Kier alpha value is -3.80. The Bertz CT molecular complexity index is 1220. The average molecular weight is 430 g/mol. The predicted molar refractivity (Wildman–Crippen MR) is 125 cm³/mol. The quantitative estimate of drug-likeness (QED) is 0.428. The first-order valence-corrected chi connectivity index (χ1v) is 10.7. The van der Waals surface area contributed by atoms with E-state index in [0.717, 1.165) is 22.6 Å². The van der Waals surface area contributed by atoms with E-state index in [1.54, 1.807) is 25.3 Å². The fraction of sp³-hybridized carbons (Fsp3) is 0.231. The third-order valence-electron chi connectivity index (χ3n) is 5.27. The van der Waals surface area contributed by atoms with Gasteiger partial charge < -0.3 is 19.4 Å². The molecule has 4 aromatic rings. The van der Waals surface area contributed by atoms with Gasteiger partial charge in [0, 0.05) is 18.5 Å². The van der Waals surface area contributed by atoms with Crippen LogP contribution < -0.4 is 14.8 Å². The van der Waals surface area contributed by atoms with Crippen molar-refractivity contribution in [3.05, 3.63) is 89.7 Å². The van der Waals surface area contributed by atoms with E-state index in [1.165, 1.54) is 5.56 Å². The molecule has 0 unspecified atom stereocenters. The fourth-order valence-electron chi connectivity index (χ4n) is 3.68. The maximum absolute atomic E-state index is 12.5. The lowest BCUT2D eigenvalue weighted by atomic mass is 10.2. The number of carbonyl (C=O) groups is 1. The lowest BCUT2D eigenvalue weighted by Crippen LogP contribution is -2.26. The molecule has 0 radical (unpaired) electrons. The molecule has 6 nitrogen and oxygen atoms in total. The second kappa shape index (κ2) is 10.0. The Labute approximate surface area is 187 Å². The molecule has 0 aliphatic heterocycles. The van der Waals surface area contributed by atoms with Crippen molar-refractivity contribution in [2.75, 3.05) is 20.3 Å². The van der Waals surface area contributed by atoms with Crippen LogP contribution in [0, 0.1) is 6.92 Å². The van der Waals surface area contributed by atoms with Gasteiger partial charge in [-0.2, -0.15) is 0 Å². The minimum Gasteiger partial charge on any atom is -0.497 e. The number of nitrogens with one attached hydrogen (secondary N) is 1. The molecule has 0 fully saturated rings. The molecule has 1 aromatic heterocycles. The summed E-state index contributed by atoms with van der Waals surface area (Å²) in [6.45, 7) is 3.74. The zero-order valence-electron chi connectivity index (χ0n) is 18.4. The third-order valence-corrected chi connectivity index (χ3v) is 5.27. The SMILES string of the molecule is COc1cccc(C(=O)NCCc2nc3ccccc3n2CCOc2cccc(C)c2)c1. The van der Waals surface area contributed by atoms with E-state index in [9.17, 15) is 4.79 Å². The number of carbonyl (C=O) groups excluding carboxylic acids is 1. The minimum absolute atomic E-state index is 0.130. The summed E-state index contributed by atoms with van der Waals surface area (Å²) in [5.74, 6) is 2.31. The summed E-state index contributed by atoms with van der Waals surface area (Å²) in [6, 6.07) is 23.2. The number of aromatic nitrogens is 2. The molecule has 6 heteroatoms. The van der Waals surface area contributed by atoms with Crippen LogP contribution in [-0.2, 0) is 13.0 Å². The van der Waals surface area contributed by atoms with Crippen LogP contribution in [0.2, 0.25) is 0 Å². The topological polar surface area (TPSA) is 65.4 Å². The van der Waals surface area contributed by atoms with Crippen LogP contribution in [-0.4, -0.2) is 35.7 Å². The number of methoxy groups -OCH3 is 1. The van der Waals surface area contributed by atoms with E-state index in [-0.39, 0.29) is 5.91 Å². The zero-order chi connectivity index (χ0) is 22.3. The highest BCUT2D eigenvalue weighted by Gasteiger charge is 2.12. The highest BCUT2D eigenvalue weighted by Crippen LogP contribution is 2.18. The van der Waals surface area contributed by atoms with E-state index in [1.807, 2.05) is 55.5 Å². The molecule has 0 saturated carbocycles. The number of para-hydroxylation sites is 2. The van der Waals surface area contributed by atoms with Crippen LogP contribution in [0.15, 0.2) is 72.8 Å². The van der Waals surface area contributed by atoms with Gasteiger partial charge in [-0.3, -0.25) is 4.79 Å². The van der Waals surface area contributed by atoms with Crippen LogP contribution >= 0.6 is 0 Å². The number of hydrogen-bond acceptors (Lipinski definition) is 4. The molecule has 0 spiro atoms. The van der Waals surface area contributed by atoms with E-state index in [2.05, 4.69) is 16.0 Å².